The molecule has 0 bridgehead atoms. The predicted octanol–water partition coefficient (Wildman–Crippen LogP) is 7.34. The highest BCUT2D eigenvalue weighted by Crippen LogP contribution is 2.31. The lowest BCUT2D eigenvalue weighted by Gasteiger charge is -2.11. The van der Waals surface area contributed by atoms with Gasteiger partial charge in [-0.1, -0.05) is 12.1 Å². The minimum atomic E-state index is -0.322. The molecule has 144 valence electrons. The molecular formula is C24H16F2O3. The molecule has 5 heteroatoms. The van der Waals surface area contributed by atoms with Gasteiger partial charge in [0, 0.05) is 12.1 Å². The van der Waals surface area contributed by atoms with Gasteiger partial charge in [0.25, 0.3) is 0 Å². The zero-order chi connectivity index (χ0) is 20.1. The molecule has 3 nitrogen and oxygen atoms in total. The Hall–Kier alpha value is -3.86. The highest BCUT2D eigenvalue weighted by atomic mass is 19.1. The van der Waals surface area contributed by atoms with E-state index in [0.717, 1.165) is 0 Å². The molecule has 0 aliphatic carbocycles. The fourth-order valence-corrected chi connectivity index (χ4v) is 2.62. The SMILES string of the molecule is Fc1ccc(Oc2cccc(Oc3cccc(Oc4ccc(F)cc4)c3)c2)cc1. The molecule has 0 aliphatic rings. The molecular weight excluding hydrogens is 374 g/mol. The van der Waals surface area contributed by atoms with Crippen molar-refractivity contribution in [2.45, 2.75) is 0 Å². The number of rotatable bonds is 6. The van der Waals surface area contributed by atoms with Gasteiger partial charge in [-0.2, -0.15) is 0 Å². The molecule has 0 unspecified atom stereocenters. The van der Waals surface area contributed by atoms with Gasteiger partial charge >= 0.3 is 0 Å². The zero-order valence-electron chi connectivity index (χ0n) is 15.2. The first kappa shape index (κ1) is 18.5. The second kappa shape index (κ2) is 8.44. The maximum atomic E-state index is 13.0. The molecule has 4 rings (SSSR count). The number of hydrogen-bond donors (Lipinski definition) is 0. The lowest BCUT2D eigenvalue weighted by atomic mass is 10.3. The smallest absolute Gasteiger partial charge is 0.131 e. The predicted molar refractivity (Wildman–Crippen MR) is 106 cm³/mol. The fraction of sp³-hybridized carbons (Fsp3) is 0. The van der Waals surface area contributed by atoms with Gasteiger partial charge in [-0.15, -0.1) is 0 Å². The highest BCUT2D eigenvalue weighted by molar-refractivity contribution is 5.42. The average Bonchev–Trinajstić information content (AvgIpc) is 2.72. The number of benzene rings is 4. The molecule has 4 aromatic rings. The van der Waals surface area contributed by atoms with E-state index < -0.39 is 0 Å². The van der Waals surface area contributed by atoms with Crippen LogP contribution >= 0.6 is 0 Å². The first-order valence-corrected chi connectivity index (χ1v) is 8.89. The van der Waals surface area contributed by atoms with E-state index in [1.807, 2.05) is 0 Å². The van der Waals surface area contributed by atoms with E-state index in [2.05, 4.69) is 0 Å². The van der Waals surface area contributed by atoms with Gasteiger partial charge in [0.1, 0.15) is 46.1 Å². The summed E-state index contributed by atoms with van der Waals surface area (Å²) < 4.78 is 43.4. The third-order valence-corrected chi connectivity index (χ3v) is 3.95. The van der Waals surface area contributed by atoms with Crippen LogP contribution in [0.15, 0.2) is 97.1 Å². The lowest BCUT2D eigenvalue weighted by Crippen LogP contribution is -1.89. The Morgan fingerprint density at radius 2 is 0.690 bits per heavy atom. The second-order valence-corrected chi connectivity index (χ2v) is 6.16. The largest absolute Gasteiger partial charge is 0.457 e. The number of halogens is 2. The highest BCUT2D eigenvalue weighted by Gasteiger charge is 2.04. The Labute approximate surface area is 166 Å². The first-order valence-electron chi connectivity index (χ1n) is 8.89. The molecule has 0 amide bonds. The Kier molecular flexibility index (Phi) is 5.38. The molecule has 0 atom stereocenters. The summed E-state index contributed by atoms with van der Waals surface area (Å²) in [6, 6.07) is 25.8. The summed E-state index contributed by atoms with van der Waals surface area (Å²) in [5.74, 6) is 2.68. The van der Waals surface area contributed by atoms with E-state index in [1.165, 1.54) is 24.3 Å². The third kappa shape index (κ3) is 5.11. The van der Waals surface area contributed by atoms with Gasteiger partial charge in [-0.05, 0) is 72.8 Å². The minimum absolute atomic E-state index is 0.322. The van der Waals surface area contributed by atoms with Gasteiger partial charge in [0.2, 0.25) is 0 Å². The van der Waals surface area contributed by atoms with Crippen LogP contribution in [0.1, 0.15) is 0 Å². The summed E-state index contributed by atoms with van der Waals surface area (Å²) in [6.45, 7) is 0. The number of ether oxygens (including phenoxy) is 3. The molecule has 29 heavy (non-hydrogen) atoms. The van der Waals surface area contributed by atoms with Crippen LogP contribution in [0.5, 0.6) is 34.5 Å². The van der Waals surface area contributed by atoms with Crippen molar-refractivity contribution < 1.29 is 23.0 Å². The molecule has 0 aliphatic heterocycles. The van der Waals surface area contributed by atoms with Gasteiger partial charge in [0.05, 0.1) is 0 Å². The fourth-order valence-electron chi connectivity index (χ4n) is 2.62. The zero-order valence-corrected chi connectivity index (χ0v) is 15.2. The topological polar surface area (TPSA) is 27.7 Å². The second-order valence-electron chi connectivity index (χ2n) is 6.16. The summed E-state index contributed by atoms with van der Waals surface area (Å²) in [6.07, 6.45) is 0. The molecule has 0 N–H and O–H groups in total. The summed E-state index contributed by atoms with van der Waals surface area (Å²) >= 11 is 0. The molecule has 0 aromatic heterocycles. The first-order chi connectivity index (χ1) is 14.1. The van der Waals surface area contributed by atoms with Crippen molar-refractivity contribution in [3.05, 3.63) is 109 Å². The number of hydrogen-bond acceptors (Lipinski definition) is 3. The van der Waals surface area contributed by atoms with Crippen molar-refractivity contribution in [2.24, 2.45) is 0 Å². The van der Waals surface area contributed by atoms with Crippen molar-refractivity contribution in [3.8, 4) is 34.5 Å². The Balaban J connectivity index is 1.46. The normalized spacial score (nSPS) is 10.4. The quantitative estimate of drug-likeness (QED) is 0.345. The van der Waals surface area contributed by atoms with Gasteiger partial charge in [0.15, 0.2) is 0 Å². The van der Waals surface area contributed by atoms with Crippen LogP contribution < -0.4 is 14.2 Å². The van der Waals surface area contributed by atoms with Gasteiger partial charge in [-0.25, -0.2) is 8.78 Å². The van der Waals surface area contributed by atoms with E-state index in [0.29, 0.717) is 34.5 Å². The Morgan fingerprint density at radius 3 is 1.03 bits per heavy atom. The van der Waals surface area contributed by atoms with Crippen molar-refractivity contribution in [2.75, 3.05) is 0 Å². The maximum absolute atomic E-state index is 13.0. The van der Waals surface area contributed by atoms with Crippen molar-refractivity contribution >= 4 is 0 Å². The van der Waals surface area contributed by atoms with Crippen molar-refractivity contribution in [1.82, 2.24) is 0 Å². The van der Waals surface area contributed by atoms with E-state index in [4.69, 9.17) is 14.2 Å². The van der Waals surface area contributed by atoms with Crippen molar-refractivity contribution in [1.29, 1.82) is 0 Å². The Bertz CT molecular complexity index is 1000. The van der Waals surface area contributed by atoms with E-state index in [9.17, 15) is 8.78 Å². The van der Waals surface area contributed by atoms with E-state index >= 15 is 0 Å². The molecule has 4 aromatic carbocycles. The monoisotopic (exact) mass is 390 g/mol. The minimum Gasteiger partial charge on any atom is -0.457 e. The summed E-state index contributed by atoms with van der Waals surface area (Å²) in [4.78, 5) is 0. The standard InChI is InChI=1S/C24H16F2O3/c25-17-7-11-19(12-8-17)27-21-3-1-5-23(15-21)29-24-6-2-4-22(16-24)28-20-13-9-18(26)10-14-20/h1-16H. The third-order valence-electron chi connectivity index (χ3n) is 3.95. The Morgan fingerprint density at radius 1 is 0.379 bits per heavy atom. The molecule has 0 radical (unpaired) electrons. The van der Waals surface area contributed by atoms with Crippen LogP contribution in [0.3, 0.4) is 0 Å². The van der Waals surface area contributed by atoms with Crippen LogP contribution in [0, 0.1) is 11.6 Å². The molecule has 0 saturated heterocycles. The van der Waals surface area contributed by atoms with Crippen LogP contribution in [0.25, 0.3) is 0 Å². The summed E-state index contributed by atoms with van der Waals surface area (Å²) in [7, 11) is 0. The van der Waals surface area contributed by atoms with Gasteiger partial charge < -0.3 is 14.2 Å². The van der Waals surface area contributed by atoms with Crippen LogP contribution in [0.2, 0.25) is 0 Å². The van der Waals surface area contributed by atoms with Crippen molar-refractivity contribution in [3.63, 3.8) is 0 Å². The average molecular weight is 390 g/mol. The van der Waals surface area contributed by atoms with Crippen LogP contribution in [-0.4, -0.2) is 0 Å². The van der Waals surface area contributed by atoms with Crippen LogP contribution in [-0.2, 0) is 0 Å². The van der Waals surface area contributed by atoms with E-state index in [-0.39, 0.29) is 11.6 Å². The molecule has 0 saturated carbocycles. The molecule has 0 spiro atoms. The van der Waals surface area contributed by atoms with Crippen LogP contribution in [0.4, 0.5) is 8.78 Å². The van der Waals surface area contributed by atoms with E-state index in [1.54, 1.807) is 72.8 Å². The van der Waals surface area contributed by atoms with Gasteiger partial charge in [-0.3, -0.25) is 0 Å². The summed E-state index contributed by atoms with van der Waals surface area (Å²) in [5, 5.41) is 0. The lowest BCUT2D eigenvalue weighted by molar-refractivity contribution is 0.451. The molecule has 0 heterocycles. The maximum Gasteiger partial charge on any atom is 0.131 e. The summed E-state index contributed by atoms with van der Waals surface area (Å²) in [5.41, 5.74) is 0. The molecule has 0 fully saturated rings.